The number of anilines is 2. The van der Waals surface area contributed by atoms with Crippen molar-refractivity contribution in [3.8, 4) is 0 Å². The van der Waals surface area contributed by atoms with Crippen LogP contribution in [0.1, 0.15) is 110 Å². The summed E-state index contributed by atoms with van der Waals surface area (Å²) in [5, 5.41) is 13.7. The summed E-state index contributed by atoms with van der Waals surface area (Å²) in [6.45, 7) is 2.58. The zero-order valence-corrected chi connectivity index (χ0v) is 32.1. The second-order valence-corrected chi connectivity index (χ2v) is 16.3. The lowest BCUT2D eigenvalue weighted by Crippen LogP contribution is -2.45. The lowest BCUT2D eigenvalue weighted by molar-refractivity contribution is -0.135. The molecule has 0 radical (unpaired) electrons. The molecule has 1 unspecified atom stereocenters. The number of imidazole rings is 1. The number of imide groups is 1. The molecule has 5 aromatic rings. The maximum absolute atomic E-state index is 14.2. The topological polar surface area (TPSA) is 157 Å². The van der Waals surface area contributed by atoms with Gasteiger partial charge in [0.2, 0.25) is 11.8 Å². The number of benzene rings is 1. The summed E-state index contributed by atoms with van der Waals surface area (Å²) in [5.41, 5.74) is 3.36. The first-order valence-corrected chi connectivity index (χ1v) is 20.1. The van der Waals surface area contributed by atoms with Gasteiger partial charge in [-0.05, 0) is 89.0 Å². The maximum atomic E-state index is 14.2. The third kappa shape index (κ3) is 6.89. The second-order valence-electron chi connectivity index (χ2n) is 16.3. The third-order valence-corrected chi connectivity index (χ3v) is 12.7. The molecule has 1 aromatic carbocycles. The Balaban J connectivity index is 0.803. The molecule has 2 saturated heterocycles. The Hall–Kier alpha value is -5.45. The molecule has 4 fully saturated rings. The summed E-state index contributed by atoms with van der Waals surface area (Å²) < 4.78 is 34.8. The number of aromatic nitrogens is 7. The van der Waals surface area contributed by atoms with Crippen LogP contribution in [0.15, 0.2) is 47.7 Å². The van der Waals surface area contributed by atoms with Crippen molar-refractivity contribution in [3.05, 3.63) is 70.3 Å². The number of fused-ring (bicyclic) bond motifs is 2. The van der Waals surface area contributed by atoms with Crippen LogP contribution in [0.3, 0.4) is 0 Å². The smallest absolute Gasteiger partial charge is 0.329 e. The molecule has 4 aromatic heterocycles. The summed E-state index contributed by atoms with van der Waals surface area (Å²) in [6, 6.07) is 7.35. The number of carbonyl (C=O) groups is 3. The van der Waals surface area contributed by atoms with Crippen molar-refractivity contribution in [1.29, 1.82) is 0 Å². The fourth-order valence-electron chi connectivity index (χ4n) is 9.40. The number of halogens is 2. The number of piperidine rings is 2. The molecule has 0 bridgehead atoms. The Morgan fingerprint density at radius 3 is 2.51 bits per heavy atom. The predicted octanol–water partition coefficient (Wildman–Crippen LogP) is 4.96. The first kappa shape index (κ1) is 37.1. The van der Waals surface area contributed by atoms with Gasteiger partial charge in [-0.2, -0.15) is 10.2 Å². The minimum absolute atomic E-state index is 0.00578. The number of aryl methyl sites for hydroxylation is 1. The number of hydrogen-bond donors (Lipinski definition) is 2. The Labute approximate surface area is 327 Å². The van der Waals surface area contributed by atoms with E-state index in [2.05, 4.69) is 42.7 Å². The Morgan fingerprint density at radius 2 is 1.79 bits per heavy atom. The van der Waals surface area contributed by atoms with Gasteiger partial charge in [0.25, 0.3) is 12.3 Å². The van der Waals surface area contributed by atoms with E-state index in [0.29, 0.717) is 35.5 Å². The van der Waals surface area contributed by atoms with Crippen LogP contribution < -0.4 is 21.2 Å². The van der Waals surface area contributed by atoms with Gasteiger partial charge in [0.15, 0.2) is 11.3 Å². The molecule has 3 amide bonds. The van der Waals surface area contributed by atoms with E-state index in [-0.39, 0.29) is 35.3 Å². The highest BCUT2D eigenvalue weighted by atomic mass is 19.3. The SMILES string of the molecule is CN(CC1CCC(n2cc(NC(=O)c3cnn4c(C5CC5)ccnc34)c(C(F)F)n2)CC1)C1CCN(c2cccc3c2n(C)c(=O)n3C2CCC(=O)NC2=O)CC1. The van der Waals surface area contributed by atoms with Crippen LogP contribution in [0.25, 0.3) is 16.7 Å². The van der Waals surface area contributed by atoms with Crippen LogP contribution in [0.4, 0.5) is 20.2 Å². The number of hydrogen-bond acceptors (Lipinski definition) is 9. The zero-order chi connectivity index (χ0) is 39.5. The number of rotatable bonds is 10. The van der Waals surface area contributed by atoms with E-state index in [1.165, 1.54) is 10.8 Å². The first-order chi connectivity index (χ1) is 27.5. The maximum Gasteiger partial charge on any atom is 0.329 e. The molecule has 2 N–H and O–H groups in total. The number of nitrogens with one attached hydrogen (secondary N) is 2. The Kier molecular flexibility index (Phi) is 9.65. The third-order valence-electron chi connectivity index (χ3n) is 12.7. The molecular formula is C40H47F2N11O4. The van der Waals surface area contributed by atoms with E-state index in [9.17, 15) is 28.0 Å². The summed E-state index contributed by atoms with van der Waals surface area (Å²) in [4.78, 5) is 60.4. The van der Waals surface area contributed by atoms with Crippen molar-refractivity contribution in [1.82, 2.24) is 43.7 Å². The summed E-state index contributed by atoms with van der Waals surface area (Å²) in [7, 11) is 3.92. The molecule has 2 saturated carbocycles. The van der Waals surface area contributed by atoms with Crippen LogP contribution in [-0.2, 0) is 16.6 Å². The molecule has 15 nitrogen and oxygen atoms in total. The van der Waals surface area contributed by atoms with Gasteiger partial charge in [-0.25, -0.2) is 23.1 Å². The van der Waals surface area contributed by atoms with Crippen LogP contribution in [-0.4, -0.2) is 88.9 Å². The van der Waals surface area contributed by atoms with Crippen molar-refractivity contribution in [2.75, 3.05) is 36.9 Å². The first-order valence-electron chi connectivity index (χ1n) is 20.1. The van der Waals surface area contributed by atoms with Crippen LogP contribution >= 0.6 is 0 Å². The molecule has 1 atom stereocenters. The largest absolute Gasteiger partial charge is 0.370 e. The number of amides is 3. The van der Waals surface area contributed by atoms with Crippen molar-refractivity contribution in [3.63, 3.8) is 0 Å². The molecule has 57 heavy (non-hydrogen) atoms. The molecule has 17 heteroatoms. The fraction of sp³-hybridized carbons (Fsp3) is 0.525. The molecule has 4 aliphatic rings. The zero-order valence-electron chi connectivity index (χ0n) is 32.1. The van der Waals surface area contributed by atoms with E-state index < -0.39 is 30.0 Å². The van der Waals surface area contributed by atoms with Crippen LogP contribution in [0.5, 0.6) is 0 Å². The standard InChI is InChI=1S/C40H47F2N11O4/c1-48(25-15-18-50(19-16-25)30-4-3-5-31-35(30)49(2)40(57)52(31)32-12-13-33(54)46-39(32)56)21-23-6-10-26(11-7-23)51-22-28(34(47-51)36(41)42)45-38(55)27-20-44-53-29(24-8-9-24)14-17-43-37(27)53/h3-5,14,17,20,22-26,32,36H,6-13,15-16,18-19,21H2,1-2H3,(H,45,55)(H,46,54,56). The van der Waals surface area contributed by atoms with E-state index in [4.69, 9.17) is 0 Å². The normalized spacial score (nSPS) is 22.3. The van der Waals surface area contributed by atoms with Gasteiger partial charge in [0.05, 0.1) is 34.6 Å². The summed E-state index contributed by atoms with van der Waals surface area (Å²) in [6.07, 6.45) is 9.80. The van der Waals surface area contributed by atoms with E-state index in [0.717, 1.165) is 87.9 Å². The monoisotopic (exact) mass is 783 g/mol. The van der Waals surface area contributed by atoms with Gasteiger partial charge in [0.1, 0.15) is 11.6 Å². The van der Waals surface area contributed by atoms with Gasteiger partial charge in [-0.3, -0.25) is 33.5 Å². The van der Waals surface area contributed by atoms with Gasteiger partial charge >= 0.3 is 5.69 Å². The average molecular weight is 784 g/mol. The molecule has 6 heterocycles. The molecule has 2 aliphatic heterocycles. The van der Waals surface area contributed by atoms with Crippen molar-refractivity contribution in [2.24, 2.45) is 13.0 Å². The molecule has 9 rings (SSSR count). The molecule has 0 spiro atoms. The summed E-state index contributed by atoms with van der Waals surface area (Å²) >= 11 is 0. The number of alkyl halides is 2. The summed E-state index contributed by atoms with van der Waals surface area (Å²) in [5.74, 6) is -0.444. The highest BCUT2D eigenvalue weighted by Gasteiger charge is 2.34. The fourth-order valence-corrected chi connectivity index (χ4v) is 9.40. The van der Waals surface area contributed by atoms with Gasteiger partial charge < -0.3 is 15.1 Å². The van der Waals surface area contributed by atoms with Crippen LogP contribution in [0, 0.1) is 5.92 Å². The molecule has 2 aliphatic carbocycles. The quantitative estimate of drug-likeness (QED) is 0.187. The van der Waals surface area contributed by atoms with Crippen molar-refractivity contribution >= 4 is 45.8 Å². The molecular weight excluding hydrogens is 737 g/mol. The van der Waals surface area contributed by atoms with E-state index >= 15 is 0 Å². The van der Waals surface area contributed by atoms with Crippen LogP contribution in [0.2, 0.25) is 0 Å². The highest BCUT2D eigenvalue weighted by Crippen LogP contribution is 2.40. The second kappa shape index (κ2) is 14.8. The van der Waals surface area contributed by atoms with E-state index in [1.54, 1.807) is 33.2 Å². The number of para-hydroxylation sites is 1. The van der Waals surface area contributed by atoms with Gasteiger partial charge in [-0.1, -0.05) is 6.07 Å². The Bertz CT molecular complexity index is 2410. The van der Waals surface area contributed by atoms with Gasteiger partial charge in [0, 0.05) is 63.2 Å². The van der Waals surface area contributed by atoms with Crippen molar-refractivity contribution in [2.45, 2.75) is 94.7 Å². The van der Waals surface area contributed by atoms with Gasteiger partial charge in [-0.15, -0.1) is 0 Å². The minimum Gasteiger partial charge on any atom is -0.370 e. The molecule has 300 valence electrons. The minimum atomic E-state index is -2.85. The average Bonchev–Trinajstić information content (AvgIpc) is 3.73. The Morgan fingerprint density at radius 1 is 1.02 bits per heavy atom. The lowest BCUT2D eigenvalue weighted by Gasteiger charge is -2.40. The highest BCUT2D eigenvalue weighted by molar-refractivity contribution is 6.08. The predicted molar refractivity (Wildman–Crippen MR) is 208 cm³/mol. The number of nitrogens with zero attached hydrogens (tertiary/aromatic N) is 9. The van der Waals surface area contributed by atoms with E-state index in [1.807, 2.05) is 24.3 Å². The number of carbonyl (C=O) groups excluding carboxylic acids is 3. The lowest BCUT2D eigenvalue weighted by atomic mass is 9.85. The van der Waals surface area contributed by atoms with Crippen molar-refractivity contribution < 1.29 is 23.2 Å².